The third-order valence-electron chi connectivity index (χ3n) is 3.59. The van der Waals surface area contributed by atoms with Gasteiger partial charge in [-0.2, -0.15) is 0 Å². The zero-order valence-electron chi connectivity index (χ0n) is 14.0. The maximum absolute atomic E-state index is 12.2. The van der Waals surface area contributed by atoms with Crippen LogP contribution in [0.2, 0.25) is 10.0 Å². The van der Waals surface area contributed by atoms with E-state index in [9.17, 15) is 4.79 Å². The normalized spacial score (nSPS) is 11.9. The number of aryl methyl sites for hydroxylation is 1. The first-order valence-electron chi connectivity index (χ1n) is 7.58. The summed E-state index contributed by atoms with van der Waals surface area (Å²) in [5.74, 6) is 0.710. The number of carbonyl (C=O) groups excluding carboxylic acids is 1. The highest BCUT2D eigenvalue weighted by Gasteiger charge is 2.15. The number of halogens is 2. The lowest BCUT2D eigenvalue weighted by Gasteiger charge is -2.16. The first-order chi connectivity index (χ1) is 11.4. The van der Waals surface area contributed by atoms with Gasteiger partial charge in [0, 0.05) is 10.6 Å². The molecule has 0 aliphatic heterocycles. The molecule has 4 nitrogen and oxygen atoms in total. The monoisotopic (exact) mass is 367 g/mol. The fourth-order valence-corrected chi connectivity index (χ4v) is 2.83. The second-order valence-electron chi connectivity index (χ2n) is 5.80. The maximum Gasteiger partial charge on any atom is 0.279 e. The number of likely N-dealkylation sites (N-methyl/N-ethyl adjacent to an activating group) is 1. The number of carbonyl (C=O) groups is 1. The van der Waals surface area contributed by atoms with Crippen LogP contribution in [-0.2, 0) is 11.3 Å². The molecular weight excluding hydrogens is 347 g/mol. The van der Waals surface area contributed by atoms with Crippen molar-refractivity contribution in [2.24, 2.45) is 0 Å². The molecule has 0 aromatic heterocycles. The highest BCUT2D eigenvalue weighted by Crippen LogP contribution is 2.25. The van der Waals surface area contributed by atoms with Crippen LogP contribution >= 0.6 is 23.2 Å². The molecule has 0 radical (unpaired) electrons. The molecule has 24 heavy (non-hydrogen) atoms. The number of hydrogen-bond donors (Lipinski definition) is 2. The standard InChI is InChI=1S/C18H20Cl2N2O2/c1-12-4-7-17(24-3)13(8-12)10-22(2)11-18(23)21-16-9-14(19)5-6-15(16)20/h4-9H,10-11H2,1-3H3,(H,21,23)/p+1. The van der Waals surface area contributed by atoms with Gasteiger partial charge in [-0.25, -0.2) is 0 Å². The van der Waals surface area contributed by atoms with Crippen LogP contribution in [0.15, 0.2) is 36.4 Å². The number of amides is 1. The van der Waals surface area contributed by atoms with Gasteiger partial charge in [-0.05, 0) is 37.3 Å². The van der Waals surface area contributed by atoms with Gasteiger partial charge in [-0.1, -0.05) is 34.8 Å². The van der Waals surface area contributed by atoms with Gasteiger partial charge >= 0.3 is 0 Å². The van der Waals surface area contributed by atoms with Gasteiger partial charge in [0.25, 0.3) is 5.91 Å². The molecule has 0 aliphatic rings. The van der Waals surface area contributed by atoms with Crippen LogP contribution in [-0.4, -0.2) is 26.6 Å². The van der Waals surface area contributed by atoms with Gasteiger partial charge in [0.2, 0.25) is 0 Å². The SMILES string of the molecule is COc1ccc(C)cc1C[NH+](C)CC(=O)Nc1cc(Cl)ccc1Cl. The summed E-state index contributed by atoms with van der Waals surface area (Å²) in [6.07, 6.45) is 0. The molecule has 0 bridgehead atoms. The molecule has 6 heteroatoms. The van der Waals surface area contributed by atoms with E-state index in [4.69, 9.17) is 27.9 Å². The molecule has 0 aliphatic carbocycles. The van der Waals surface area contributed by atoms with Gasteiger partial charge in [0.05, 0.1) is 24.9 Å². The van der Waals surface area contributed by atoms with E-state index in [0.717, 1.165) is 21.8 Å². The van der Waals surface area contributed by atoms with E-state index in [1.165, 1.54) is 0 Å². The maximum atomic E-state index is 12.2. The molecule has 0 spiro atoms. The molecule has 0 fully saturated rings. The van der Waals surface area contributed by atoms with Crippen molar-refractivity contribution in [3.05, 3.63) is 57.6 Å². The second kappa shape index (κ2) is 8.38. The van der Waals surface area contributed by atoms with E-state index in [0.29, 0.717) is 28.8 Å². The van der Waals surface area contributed by atoms with Gasteiger partial charge in [-0.3, -0.25) is 4.79 Å². The number of ether oxygens (including phenoxy) is 1. The fourth-order valence-electron chi connectivity index (χ4n) is 2.49. The van der Waals surface area contributed by atoms with Crippen molar-refractivity contribution in [2.45, 2.75) is 13.5 Å². The van der Waals surface area contributed by atoms with Crippen LogP contribution in [0.5, 0.6) is 5.75 Å². The topological polar surface area (TPSA) is 42.8 Å². The highest BCUT2D eigenvalue weighted by molar-refractivity contribution is 6.35. The van der Waals surface area contributed by atoms with Gasteiger partial charge < -0.3 is 15.0 Å². The lowest BCUT2D eigenvalue weighted by Crippen LogP contribution is -3.08. The molecule has 0 saturated carbocycles. The molecule has 0 saturated heterocycles. The van der Waals surface area contributed by atoms with Crippen molar-refractivity contribution in [3.63, 3.8) is 0 Å². The van der Waals surface area contributed by atoms with Crippen LogP contribution in [0, 0.1) is 6.92 Å². The molecule has 1 atom stereocenters. The summed E-state index contributed by atoms with van der Waals surface area (Å²) in [5, 5.41) is 3.79. The summed E-state index contributed by atoms with van der Waals surface area (Å²) in [4.78, 5) is 13.3. The average Bonchev–Trinajstić information content (AvgIpc) is 2.51. The Morgan fingerprint density at radius 1 is 1.21 bits per heavy atom. The number of hydrogen-bond acceptors (Lipinski definition) is 2. The van der Waals surface area contributed by atoms with E-state index in [1.54, 1.807) is 25.3 Å². The van der Waals surface area contributed by atoms with Crippen LogP contribution in [0.3, 0.4) is 0 Å². The van der Waals surface area contributed by atoms with Gasteiger partial charge in [-0.15, -0.1) is 0 Å². The molecule has 2 N–H and O–H groups in total. The van der Waals surface area contributed by atoms with Gasteiger partial charge in [0.15, 0.2) is 6.54 Å². The first kappa shape index (κ1) is 18.6. The number of methoxy groups -OCH3 is 1. The fraction of sp³-hybridized carbons (Fsp3) is 0.278. The second-order valence-corrected chi connectivity index (χ2v) is 6.64. The smallest absolute Gasteiger partial charge is 0.279 e. The number of benzene rings is 2. The molecule has 128 valence electrons. The van der Waals surface area contributed by atoms with Crippen molar-refractivity contribution < 1.29 is 14.4 Å². The number of nitrogens with one attached hydrogen (secondary N) is 2. The van der Waals surface area contributed by atoms with Crippen LogP contribution in [0.4, 0.5) is 5.69 Å². The Labute approximate surface area is 152 Å². The molecule has 2 aromatic carbocycles. The van der Waals surface area contributed by atoms with E-state index in [2.05, 4.69) is 11.4 Å². The summed E-state index contributed by atoms with van der Waals surface area (Å²) in [6, 6.07) is 11.0. The Morgan fingerprint density at radius 2 is 1.96 bits per heavy atom. The van der Waals surface area contributed by atoms with Crippen molar-refractivity contribution in [1.29, 1.82) is 0 Å². The molecule has 1 amide bonds. The van der Waals surface area contributed by atoms with E-state index in [-0.39, 0.29) is 5.91 Å². The van der Waals surface area contributed by atoms with E-state index < -0.39 is 0 Å². The van der Waals surface area contributed by atoms with Crippen LogP contribution in [0.25, 0.3) is 0 Å². The average molecular weight is 368 g/mol. The van der Waals surface area contributed by atoms with Crippen LogP contribution in [0.1, 0.15) is 11.1 Å². The molecule has 1 unspecified atom stereocenters. The zero-order chi connectivity index (χ0) is 17.7. The highest BCUT2D eigenvalue weighted by atomic mass is 35.5. The van der Waals surface area contributed by atoms with Crippen molar-refractivity contribution >= 4 is 34.8 Å². The number of quaternary nitrogens is 1. The zero-order valence-corrected chi connectivity index (χ0v) is 15.5. The lowest BCUT2D eigenvalue weighted by atomic mass is 10.1. The van der Waals surface area contributed by atoms with E-state index >= 15 is 0 Å². The Balaban J connectivity index is 1.99. The van der Waals surface area contributed by atoms with Gasteiger partial charge in [0.1, 0.15) is 12.3 Å². The third-order valence-corrected chi connectivity index (χ3v) is 4.16. The Morgan fingerprint density at radius 3 is 2.67 bits per heavy atom. The molecule has 2 rings (SSSR count). The third kappa shape index (κ3) is 5.13. The largest absolute Gasteiger partial charge is 0.496 e. The minimum Gasteiger partial charge on any atom is -0.496 e. The van der Waals surface area contributed by atoms with Crippen molar-refractivity contribution in [1.82, 2.24) is 0 Å². The molecular formula is C18H21Cl2N2O2+. The summed E-state index contributed by atoms with van der Waals surface area (Å²) in [6.45, 7) is 3.02. The summed E-state index contributed by atoms with van der Waals surface area (Å²) in [5.41, 5.74) is 2.76. The number of rotatable bonds is 6. The van der Waals surface area contributed by atoms with E-state index in [1.807, 2.05) is 26.1 Å². The molecule has 2 aromatic rings. The number of anilines is 1. The Hall–Kier alpha value is -1.75. The summed E-state index contributed by atoms with van der Waals surface area (Å²) in [7, 11) is 3.61. The van der Waals surface area contributed by atoms with Crippen LogP contribution < -0.4 is 15.0 Å². The summed E-state index contributed by atoms with van der Waals surface area (Å²) >= 11 is 12.0. The summed E-state index contributed by atoms with van der Waals surface area (Å²) < 4.78 is 5.38. The Bertz CT molecular complexity index is 735. The minimum atomic E-state index is -0.122. The molecule has 0 heterocycles. The predicted octanol–water partition coefficient (Wildman–Crippen LogP) is 2.96. The predicted molar refractivity (Wildman–Crippen MR) is 98.3 cm³/mol. The lowest BCUT2D eigenvalue weighted by molar-refractivity contribution is -0.885. The minimum absolute atomic E-state index is 0.122. The first-order valence-corrected chi connectivity index (χ1v) is 8.34. The van der Waals surface area contributed by atoms with Crippen molar-refractivity contribution in [3.8, 4) is 5.75 Å². The Kier molecular flexibility index (Phi) is 6.49. The van der Waals surface area contributed by atoms with Crippen molar-refractivity contribution in [2.75, 3.05) is 26.0 Å². The quantitative estimate of drug-likeness (QED) is 0.823.